The molecule has 88 valence electrons. The molecule has 0 aromatic carbocycles. The Kier molecular flexibility index (Phi) is 2.88. The average Bonchev–Trinajstić information content (AvgIpc) is 2.71. The van der Waals surface area contributed by atoms with Gasteiger partial charge >= 0.3 is 5.69 Å². The first-order chi connectivity index (χ1) is 7.61. The van der Waals surface area contributed by atoms with Gasteiger partial charge < -0.3 is 15.6 Å². The number of nitrogens with zero attached hydrogens (tertiary/aromatic N) is 2. The second-order valence-corrected chi connectivity index (χ2v) is 3.64. The molecule has 0 bridgehead atoms. The SMILES string of the molecule is Nc1nc(=O)n([C@@H]2CC[C@H](CO)O2)cc1F. The van der Waals surface area contributed by atoms with Gasteiger partial charge in [0.15, 0.2) is 11.6 Å². The monoisotopic (exact) mass is 229 g/mol. The van der Waals surface area contributed by atoms with Gasteiger partial charge in [-0.25, -0.2) is 9.18 Å². The summed E-state index contributed by atoms with van der Waals surface area (Å²) in [4.78, 5) is 14.8. The van der Waals surface area contributed by atoms with Gasteiger partial charge in [-0.1, -0.05) is 0 Å². The van der Waals surface area contributed by atoms with Crippen LogP contribution in [0.3, 0.4) is 0 Å². The first-order valence-corrected chi connectivity index (χ1v) is 4.92. The maximum Gasteiger partial charge on any atom is 0.351 e. The van der Waals surface area contributed by atoms with E-state index < -0.39 is 23.6 Å². The lowest BCUT2D eigenvalue weighted by atomic mass is 10.2. The number of halogens is 1. The number of ether oxygens (including phenoxy) is 1. The van der Waals surface area contributed by atoms with Crippen molar-refractivity contribution >= 4 is 5.82 Å². The summed E-state index contributed by atoms with van der Waals surface area (Å²) in [5.74, 6) is -1.17. The van der Waals surface area contributed by atoms with Gasteiger partial charge in [0, 0.05) is 0 Å². The van der Waals surface area contributed by atoms with Crippen LogP contribution in [0.25, 0.3) is 0 Å². The summed E-state index contributed by atoms with van der Waals surface area (Å²) in [5.41, 5.74) is 4.51. The van der Waals surface area contributed by atoms with E-state index in [0.29, 0.717) is 12.8 Å². The number of nitrogen functional groups attached to an aromatic ring is 1. The summed E-state index contributed by atoms with van der Waals surface area (Å²) in [6.45, 7) is -0.115. The number of hydrogen-bond donors (Lipinski definition) is 2. The molecule has 1 saturated heterocycles. The molecule has 1 aromatic rings. The minimum Gasteiger partial charge on any atom is -0.394 e. The van der Waals surface area contributed by atoms with Crippen molar-refractivity contribution in [2.75, 3.05) is 12.3 Å². The lowest BCUT2D eigenvalue weighted by Crippen LogP contribution is -2.28. The zero-order valence-corrected chi connectivity index (χ0v) is 8.47. The second kappa shape index (κ2) is 4.18. The van der Waals surface area contributed by atoms with Crippen LogP contribution < -0.4 is 11.4 Å². The van der Waals surface area contributed by atoms with Crippen molar-refractivity contribution in [2.45, 2.75) is 25.2 Å². The molecule has 16 heavy (non-hydrogen) atoms. The minimum absolute atomic E-state index is 0.115. The summed E-state index contributed by atoms with van der Waals surface area (Å²) in [6, 6.07) is 0. The highest BCUT2D eigenvalue weighted by Crippen LogP contribution is 2.26. The Morgan fingerprint density at radius 2 is 2.44 bits per heavy atom. The van der Waals surface area contributed by atoms with Crippen molar-refractivity contribution in [1.29, 1.82) is 0 Å². The number of aliphatic hydroxyl groups is 1. The molecule has 6 nitrogen and oxygen atoms in total. The topological polar surface area (TPSA) is 90.4 Å². The van der Waals surface area contributed by atoms with Crippen LogP contribution in [-0.2, 0) is 4.74 Å². The molecule has 0 saturated carbocycles. The van der Waals surface area contributed by atoms with Crippen LogP contribution in [0.4, 0.5) is 10.2 Å². The summed E-state index contributed by atoms with van der Waals surface area (Å²) in [6.07, 6.45) is 1.26. The Bertz CT molecular complexity index is 448. The van der Waals surface area contributed by atoms with Crippen molar-refractivity contribution in [3.8, 4) is 0 Å². The highest BCUT2D eigenvalue weighted by Gasteiger charge is 2.27. The van der Waals surface area contributed by atoms with Crippen LogP contribution in [0.15, 0.2) is 11.0 Å². The van der Waals surface area contributed by atoms with E-state index in [4.69, 9.17) is 15.6 Å². The fourth-order valence-electron chi connectivity index (χ4n) is 1.69. The quantitative estimate of drug-likeness (QED) is 0.722. The van der Waals surface area contributed by atoms with E-state index in [2.05, 4.69) is 4.98 Å². The molecular formula is C9H12FN3O3. The Morgan fingerprint density at radius 3 is 3.06 bits per heavy atom. The molecule has 1 fully saturated rings. The van der Waals surface area contributed by atoms with Crippen LogP contribution in [0, 0.1) is 5.82 Å². The van der Waals surface area contributed by atoms with E-state index >= 15 is 0 Å². The molecule has 0 amide bonds. The number of aliphatic hydroxyl groups excluding tert-OH is 1. The predicted octanol–water partition coefficient (Wildman–Crippen LogP) is -0.366. The van der Waals surface area contributed by atoms with Gasteiger partial charge in [0.2, 0.25) is 0 Å². The molecule has 0 unspecified atom stereocenters. The normalized spacial score (nSPS) is 24.9. The Hall–Kier alpha value is -1.47. The van der Waals surface area contributed by atoms with E-state index in [1.165, 1.54) is 0 Å². The lowest BCUT2D eigenvalue weighted by molar-refractivity contribution is -0.0249. The van der Waals surface area contributed by atoms with E-state index in [1.54, 1.807) is 0 Å². The van der Waals surface area contributed by atoms with Gasteiger partial charge in [0.05, 0.1) is 18.9 Å². The zero-order chi connectivity index (χ0) is 11.7. The van der Waals surface area contributed by atoms with Gasteiger partial charge in [0.1, 0.15) is 6.23 Å². The second-order valence-electron chi connectivity index (χ2n) is 3.64. The number of hydrogen-bond acceptors (Lipinski definition) is 5. The Labute approximate surface area is 90.5 Å². The summed E-state index contributed by atoms with van der Waals surface area (Å²) >= 11 is 0. The zero-order valence-electron chi connectivity index (χ0n) is 8.47. The largest absolute Gasteiger partial charge is 0.394 e. The molecule has 3 N–H and O–H groups in total. The van der Waals surface area contributed by atoms with Crippen molar-refractivity contribution in [1.82, 2.24) is 9.55 Å². The lowest BCUT2D eigenvalue weighted by Gasteiger charge is -2.14. The number of aromatic nitrogens is 2. The minimum atomic E-state index is -0.754. The van der Waals surface area contributed by atoms with E-state index in [1.807, 2.05) is 0 Å². The fourth-order valence-corrected chi connectivity index (χ4v) is 1.69. The molecular weight excluding hydrogens is 217 g/mol. The molecule has 2 heterocycles. The average molecular weight is 229 g/mol. The first-order valence-electron chi connectivity index (χ1n) is 4.92. The maximum atomic E-state index is 13.1. The summed E-state index contributed by atoms with van der Waals surface area (Å²) < 4.78 is 19.5. The van der Waals surface area contributed by atoms with E-state index in [0.717, 1.165) is 10.8 Å². The molecule has 7 heteroatoms. The van der Waals surface area contributed by atoms with Crippen LogP contribution in [0.2, 0.25) is 0 Å². The Morgan fingerprint density at radius 1 is 1.69 bits per heavy atom. The van der Waals surface area contributed by atoms with Gasteiger partial charge in [-0.2, -0.15) is 4.98 Å². The molecule has 1 aromatic heterocycles. The van der Waals surface area contributed by atoms with Crippen molar-refractivity contribution in [2.24, 2.45) is 0 Å². The molecule has 2 rings (SSSR count). The highest BCUT2D eigenvalue weighted by atomic mass is 19.1. The van der Waals surface area contributed by atoms with E-state index in [-0.39, 0.29) is 12.7 Å². The molecule has 1 aliphatic rings. The van der Waals surface area contributed by atoms with Crippen LogP contribution in [0.5, 0.6) is 0 Å². The summed E-state index contributed by atoms with van der Waals surface area (Å²) in [5, 5.41) is 8.88. The highest BCUT2D eigenvalue weighted by molar-refractivity contribution is 5.26. The smallest absolute Gasteiger partial charge is 0.351 e. The van der Waals surface area contributed by atoms with Crippen LogP contribution in [-0.4, -0.2) is 27.4 Å². The van der Waals surface area contributed by atoms with Gasteiger partial charge in [-0.15, -0.1) is 0 Å². The third-order valence-corrected chi connectivity index (χ3v) is 2.53. The maximum absolute atomic E-state index is 13.1. The number of anilines is 1. The van der Waals surface area contributed by atoms with E-state index in [9.17, 15) is 9.18 Å². The van der Waals surface area contributed by atoms with Crippen molar-refractivity contribution in [3.63, 3.8) is 0 Å². The first kappa shape index (κ1) is 11.0. The van der Waals surface area contributed by atoms with Crippen molar-refractivity contribution < 1.29 is 14.2 Å². The third-order valence-electron chi connectivity index (χ3n) is 2.53. The number of nitrogens with two attached hydrogens (primary N) is 1. The van der Waals surface area contributed by atoms with Gasteiger partial charge in [-0.3, -0.25) is 4.57 Å². The fraction of sp³-hybridized carbons (Fsp3) is 0.556. The van der Waals surface area contributed by atoms with Gasteiger partial charge in [-0.05, 0) is 12.8 Å². The van der Waals surface area contributed by atoms with Crippen molar-refractivity contribution in [3.05, 3.63) is 22.5 Å². The molecule has 0 aliphatic carbocycles. The summed E-state index contributed by atoms with van der Waals surface area (Å²) in [7, 11) is 0. The molecule has 0 spiro atoms. The third kappa shape index (κ3) is 1.91. The number of rotatable bonds is 2. The molecule has 1 aliphatic heterocycles. The van der Waals surface area contributed by atoms with Crippen LogP contribution >= 0.6 is 0 Å². The molecule has 2 atom stereocenters. The standard InChI is InChI=1S/C9H12FN3O3/c10-6-3-13(9(15)12-8(6)11)7-2-1-5(4-14)16-7/h3,5,7,14H,1-2,4H2,(H2,11,12,15)/t5-,7+/m1/s1. The predicted molar refractivity (Wildman–Crippen MR) is 53.1 cm³/mol. The Balaban J connectivity index is 2.28. The molecule has 0 radical (unpaired) electrons. The van der Waals surface area contributed by atoms with Gasteiger partial charge in [0.25, 0.3) is 0 Å². The van der Waals surface area contributed by atoms with Crippen LogP contribution in [0.1, 0.15) is 19.1 Å².